The van der Waals surface area contributed by atoms with Crippen molar-refractivity contribution in [2.45, 2.75) is 50.0 Å². The number of carbonyl (C=O) groups is 1. The summed E-state index contributed by atoms with van der Waals surface area (Å²) < 4.78 is 0. The molecule has 4 N–H and O–H groups in total. The minimum atomic E-state index is -0.239. The van der Waals surface area contributed by atoms with Gasteiger partial charge in [0.05, 0.1) is 5.54 Å². The van der Waals surface area contributed by atoms with E-state index in [1.54, 1.807) is 0 Å². The minimum Gasteiger partial charge on any atom is -0.343 e. The van der Waals surface area contributed by atoms with Crippen LogP contribution in [0.2, 0.25) is 0 Å². The van der Waals surface area contributed by atoms with Crippen LogP contribution in [0.5, 0.6) is 0 Å². The van der Waals surface area contributed by atoms with E-state index >= 15 is 0 Å². The molecule has 0 bridgehead atoms. The first kappa shape index (κ1) is 11.6. The van der Waals surface area contributed by atoms with Crippen LogP contribution in [0.3, 0.4) is 0 Å². The fourth-order valence-electron chi connectivity index (χ4n) is 2.64. The number of hydrogen-bond acceptors (Lipinski definition) is 4. The molecule has 98 valence electrons. The number of H-pyrrole nitrogens is 1. The predicted molar refractivity (Wildman–Crippen MR) is 66.1 cm³/mol. The van der Waals surface area contributed by atoms with Crippen molar-refractivity contribution in [3.63, 3.8) is 0 Å². The van der Waals surface area contributed by atoms with Crippen molar-refractivity contribution in [1.29, 1.82) is 0 Å². The van der Waals surface area contributed by atoms with Gasteiger partial charge in [-0.15, -0.1) is 5.10 Å². The minimum absolute atomic E-state index is 0.203. The van der Waals surface area contributed by atoms with E-state index in [1.807, 2.05) is 0 Å². The van der Waals surface area contributed by atoms with Crippen LogP contribution in [-0.2, 0) is 0 Å². The van der Waals surface area contributed by atoms with Gasteiger partial charge in [-0.25, -0.2) is 4.98 Å². The number of amides is 1. The van der Waals surface area contributed by atoms with Crippen LogP contribution >= 0.6 is 0 Å². The molecule has 2 saturated carbocycles. The number of carbonyl (C=O) groups excluding carboxylic acids is 1. The first-order valence-corrected chi connectivity index (χ1v) is 6.67. The molecule has 2 fully saturated rings. The van der Waals surface area contributed by atoms with E-state index in [2.05, 4.69) is 20.5 Å². The van der Waals surface area contributed by atoms with Gasteiger partial charge >= 0.3 is 0 Å². The van der Waals surface area contributed by atoms with Crippen LogP contribution in [-0.4, -0.2) is 33.2 Å². The summed E-state index contributed by atoms with van der Waals surface area (Å²) in [6.07, 6.45) is 6.44. The van der Waals surface area contributed by atoms with Gasteiger partial charge in [0.1, 0.15) is 5.82 Å². The second-order valence-corrected chi connectivity index (χ2v) is 5.46. The van der Waals surface area contributed by atoms with Crippen molar-refractivity contribution in [2.24, 2.45) is 5.73 Å². The molecule has 1 aromatic rings. The predicted octanol–water partition coefficient (Wildman–Crippen LogP) is 0.683. The standard InChI is InChI=1S/C12H19N5O/c13-7-12(5-1-2-6-12)15-11(18)10-14-9(16-17-10)8-3-4-8/h8H,1-7,13H2,(H,15,18)(H,14,16,17). The molecule has 0 aliphatic heterocycles. The van der Waals surface area contributed by atoms with Gasteiger partial charge in [0.2, 0.25) is 5.82 Å². The van der Waals surface area contributed by atoms with E-state index < -0.39 is 0 Å². The van der Waals surface area contributed by atoms with Crippen molar-refractivity contribution in [2.75, 3.05) is 6.54 Å². The summed E-state index contributed by atoms with van der Waals surface area (Å²) in [4.78, 5) is 16.4. The van der Waals surface area contributed by atoms with Crippen LogP contribution in [0.4, 0.5) is 0 Å². The first-order chi connectivity index (χ1) is 8.72. The lowest BCUT2D eigenvalue weighted by atomic mass is 9.98. The van der Waals surface area contributed by atoms with Gasteiger partial charge < -0.3 is 11.1 Å². The normalized spacial score (nSPS) is 22.1. The molecule has 0 spiro atoms. The summed E-state index contributed by atoms with van der Waals surface area (Å²) in [5, 5.41) is 9.87. The summed E-state index contributed by atoms with van der Waals surface area (Å²) in [6.45, 7) is 0.485. The molecule has 2 aliphatic rings. The van der Waals surface area contributed by atoms with Crippen molar-refractivity contribution in [3.05, 3.63) is 11.6 Å². The van der Waals surface area contributed by atoms with Crippen LogP contribution in [0.1, 0.15) is 60.9 Å². The summed E-state index contributed by atoms with van der Waals surface area (Å²) in [5.41, 5.74) is 5.56. The number of nitrogens with one attached hydrogen (secondary N) is 2. The van der Waals surface area contributed by atoms with Gasteiger partial charge in [-0.3, -0.25) is 9.89 Å². The molecule has 1 heterocycles. The lowest BCUT2D eigenvalue weighted by molar-refractivity contribution is 0.0892. The van der Waals surface area contributed by atoms with Crippen LogP contribution in [0.25, 0.3) is 0 Å². The Bertz CT molecular complexity index is 445. The maximum Gasteiger partial charge on any atom is 0.291 e. The average molecular weight is 249 g/mol. The third kappa shape index (κ3) is 2.12. The molecule has 0 aromatic carbocycles. The van der Waals surface area contributed by atoms with Gasteiger partial charge in [0, 0.05) is 12.5 Å². The topological polar surface area (TPSA) is 96.7 Å². The zero-order valence-corrected chi connectivity index (χ0v) is 10.4. The van der Waals surface area contributed by atoms with Crippen LogP contribution in [0, 0.1) is 0 Å². The van der Waals surface area contributed by atoms with Crippen molar-refractivity contribution >= 4 is 5.91 Å². The Labute approximate surface area is 106 Å². The Hall–Kier alpha value is -1.43. The molecule has 18 heavy (non-hydrogen) atoms. The maximum absolute atomic E-state index is 12.1. The molecule has 1 amide bonds. The van der Waals surface area contributed by atoms with Crippen molar-refractivity contribution < 1.29 is 4.79 Å². The summed E-state index contributed by atoms with van der Waals surface area (Å²) in [5.74, 6) is 1.37. The highest BCUT2D eigenvalue weighted by Gasteiger charge is 2.35. The molecule has 0 atom stereocenters. The molecular weight excluding hydrogens is 230 g/mol. The van der Waals surface area contributed by atoms with Gasteiger partial charge in [0.25, 0.3) is 5.91 Å². The molecule has 0 saturated heterocycles. The molecule has 6 heteroatoms. The molecule has 1 aromatic heterocycles. The Kier molecular flexibility index (Phi) is 2.81. The largest absolute Gasteiger partial charge is 0.343 e. The monoisotopic (exact) mass is 249 g/mol. The highest BCUT2D eigenvalue weighted by Crippen LogP contribution is 2.37. The van der Waals surface area contributed by atoms with Gasteiger partial charge in [-0.05, 0) is 25.7 Å². The number of hydrogen-bond donors (Lipinski definition) is 3. The summed E-state index contributed by atoms with van der Waals surface area (Å²) in [7, 11) is 0. The molecule has 6 nitrogen and oxygen atoms in total. The van der Waals surface area contributed by atoms with E-state index in [0.717, 1.165) is 44.3 Å². The van der Waals surface area contributed by atoms with Gasteiger partial charge in [0.15, 0.2) is 0 Å². The van der Waals surface area contributed by atoms with Crippen LogP contribution in [0.15, 0.2) is 0 Å². The molecular formula is C12H19N5O. The maximum atomic E-state index is 12.1. The first-order valence-electron chi connectivity index (χ1n) is 6.67. The smallest absolute Gasteiger partial charge is 0.291 e. The highest BCUT2D eigenvalue weighted by molar-refractivity contribution is 5.91. The van der Waals surface area contributed by atoms with Crippen molar-refractivity contribution in [3.8, 4) is 0 Å². The zero-order valence-electron chi connectivity index (χ0n) is 10.4. The molecule has 0 radical (unpaired) electrons. The third-order valence-corrected chi connectivity index (χ3v) is 4.00. The average Bonchev–Trinajstić information content (AvgIpc) is 2.94. The zero-order chi connectivity index (χ0) is 12.6. The van der Waals surface area contributed by atoms with E-state index in [4.69, 9.17) is 5.73 Å². The summed E-state index contributed by atoms with van der Waals surface area (Å²) >= 11 is 0. The lowest BCUT2D eigenvalue weighted by Gasteiger charge is -2.27. The Morgan fingerprint density at radius 1 is 1.44 bits per heavy atom. The quantitative estimate of drug-likeness (QED) is 0.731. The SMILES string of the molecule is NCC1(NC(=O)c2n[nH]c(C3CC3)n2)CCCC1. The fraction of sp³-hybridized carbons (Fsp3) is 0.750. The Morgan fingerprint density at radius 3 is 2.78 bits per heavy atom. The fourth-order valence-corrected chi connectivity index (χ4v) is 2.64. The number of aromatic amines is 1. The van der Waals surface area contributed by atoms with Gasteiger partial charge in [-0.2, -0.15) is 0 Å². The molecule has 3 rings (SSSR count). The third-order valence-electron chi connectivity index (χ3n) is 4.00. The summed E-state index contributed by atoms with van der Waals surface area (Å²) in [6, 6.07) is 0. The van der Waals surface area contributed by atoms with E-state index in [1.165, 1.54) is 0 Å². The number of rotatable bonds is 4. The van der Waals surface area contributed by atoms with E-state index in [-0.39, 0.29) is 17.3 Å². The number of aromatic nitrogens is 3. The number of nitrogens with two attached hydrogens (primary N) is 1. The second-order valence-electron chi connectivity index (χ2n) is 5.46. The Balaban J connectivity index is 1.69. The van der Waals surface area contributed by atoms with Gasteiger partial charge in [-0.1, -0.05) is 12.8 Å². The van der Waals surface area contributed by atoms with E-state index in [0.29, 0.717) is 12.5 Å². The second kappa shape index (κ2) is 4.35. The Morgan fingerprint density at radius 2 is 2.17 bits per heavy atom. The highest BCUT2D eigenvalue weighted by atomic mass is 16.2. The molecule has 2 aliphatic carbocycles. The lowest BCUT2D eigenvalue weighted by Crippen LogP contribution is -2.51. The van der Waals surface area contributed by atoms with Crippen LogP contribution < -0.4 is 11.1 Å². The molecule has 0 unspecified atom stereocenters. The van der Waals surface area contributed by atoms with E-state index in [9.17, 15) is 4.79 Å². The van der Waals surface area contributed by atoms with Crippen molar-refractivity contribution in [1.82, 2.24) is 20.5 Å². The number of nitrogens with zero attached hydrogens (tertiary/aromatic N) is 2.